The molecule has 2 atom stereocenters. The first-order chi connectivity index (χ1) is 21.9. The molecule has 46 heavy (non-hydrogen) atoms. The van der Waals surface area contributed by atoms with Gasteiger partial charge in [-0.2, -0.15) is 0 Å². The standard InChI is InChI=1S/C35H44F2N4O5/c1-6-11-41(12-7-2)33(42)26-13-23(3)14-27(19-26)34(43)46-32(31(38)18-25-15-28(36)20-29(37)16-25)22-39-21-24-9-8-10-30(17-24)40(4)35(44)45-5/h8-10,13-17,19-20,31-32,39H,6-7,11-12,18,21-22,38H2,1-5H3. The fourth-order valence-electron chi connectivity index (χ4n) is 5.16. The fraction of sp³-hybridized carbons (Fsp3) is 0.400. The number of methoxy groups -OCH3 is 1. The highest BCUT2D eigenvalue weighted by Gasteiger charge is 2.25. The third-order valence-electron chi connectivity index (χ3n) is 7.38. The fourth-order valence-corrected chi connectivity index (χ4v) is 5.16. The molecule has 0 spiro atoms. The van der Waals surface area contributed by atoms with Gasteiger partial charge in [-0.1, -0.05) is 26.0 Å². The van der Waals surface area contributed by atoms with Crippen LogP contribution in [0.25, 0.3) is 0 Å². The predicted molar refractivity (Wildman–Crippen MR) is 174 cm³/mol. The Morgan fingerprint density at radius 3 is 2.20 bits per heavy atom. The summed E-state index contributed by atoms with van der Waals surface area (Å²) in [4.78, 5) is 41.9. The number of benzene rings is 3. The number of anilines is 1. The number of rotatable bonds is 15. The van der Waals surface area contributed by atoms with Crippen molar-refractivity contribution in [2.24, 2.45) is 5.73 Å². The van der Waals surface area contributed by atoms with Gasteiger partial charge in [0.15, 0.2) is 0 Å². The second kappa shape index (κ2) is 17.4. The van der Waals surface area contributed by atoms with Crippen LogP contribution in [0.5, 0.6) is 0 Å². The second-order valence-corrected chi connectivity index (χ2v) is 11.3. The average molecular weight is 639 g/mol. The van der Waals surface area contributed by atoms with E-state index in [1.165, 1.54) is 30.2 Å². The van der Waals surface area contributed by atoms with Gasteiger partial charge in [-0.15, -0.1) is 0 Å². The van der Waals surface area contributed by atoms with Crippen molar-refractivity contribution in [3.63, 3.8) is 0 Å². The van der Waals surface area contributed by atoms with E-state index in [9.17, 15) is 23.2 Å². The SMILES string of the molecule is CCCN(CCC)C(=O)c1cc(C)cc(C(=O)OC(CNCc2cccc(N(C)C(=O)OC)c2)C(N)Cc2cc(F)cc(F)c2)c1. The largest absolute Gasteiger partial charge is 0.456 e. The molecule has 11 heteroatoms. The topological polar surface area (TPSA) is 114 Å². The highest BCUT2D eigenvalue weighted by Crippen LogP contribution is 2.18. The summed E-state index contributed by atoms with van der Waals surface area (Å²) in [5, 5.41) is 3.24. The van der Waals surface area contributed by atoms with E-state index in [2.05, 4.69) is 5.32 Å². The Labute approximate surface area is 269 Å². The highest BCUT2D eigenvalue weighted by molar-refractivity contribution is 5.98. The van der Waals surface area contributed by atoms with Gasteiger partial charge in [0.2, 0.25) is 0 Å². The number of esters is 1. The lowest BCUT2D eigenvalue weighted by atomic mass is 10.0. The number of ether oxygens (including phenoxy) is 2. The van der Waals surface area contributed by atoms with E-state index >= 15 is 0 Å². The Morgan fingerprint density at radius 1 is 0.913 bits per heavy atom. The minimum Gasteiger partial charge on any atom is -0.456 e. The molecule has 3 N–H and O–H groups in total. The first-order valence-corrected chi connectivity index (χ1v) is 15.4. The molecular weight excluding hydrogens is 594 g/mol. The normalized spacial score (nSPS) is 12.3. The number of nitrogens with two attached hydrogens (primary N) is 1. The number of carbonyl (C=O) groups excluding carboxylic acids is 3. The van der Waals surface area contributed by atoms with Crippen LogP contribution in [0.2, 0.25) is 0 Å². The molecule has 0 bridgehead atoms. The molecule has 9 nitrogen and oxygen atoms in total. The van der Waals surface area contributed by atoms with Gasteiger partial charge in [-0.05, 0) is 85.3 Å². The van der Waals surface area contributed by atoms with E-state index < -0.39 is 35.8 Å². The molecule has 0 fully saturated rings. The molecule has 0 aliphatic rings. The zero-order valence-corrected chi connectivity index (χ0v) is 27.1. The maximum atomic E-state index is 13.9. The van der Waals surface area contributed by atoms with Crippen LogP contribution in [-0.4, -0.2) is 68.8 Å². The van der Waals surface area contributed by atoms with E-state index in [0.717, 1.165) is 30.0 Å². The number of amides is 2. The third kappa shape index (κ3) is 10.3. The molecular formula is C35H44F2N4O5. The third-order valence-corrected chi connectivity index (χ3v) is 7.38. The zero-order chi connectivity index (χ0) is 33.8. The summed E-state index contributed by atoms with van der Waals surface area (Å²) >= 11 is 0. The van der Waals surface area contributed by atoms with Gasteiger partial charge in [0.25, 0.3) is 5.91 Å². The molecule has 0 saturated heterocycles. The number of carbonyl (C=O) groups is 3. The van der Waals surface area contributed by atoms with Crippen molar-refractivity contribution in [3.05, 3.63) is 100 Å². The number of halogens is 2. The molecule has 0 saturated carbocycles. The smallest absolute Gasteiger partial charge is 0.413 e. The summed E-state index contributed by atoms with van der Waals surface area (Å²) in [6, 6.07) is 14.5. The lowest BCUT2D eigenvalue weighted by molar-refractivity contribution is 0.0238. The molecule has 0 aliphatic carbocycles. The summed E-state index contributed by atoms with van der Waals surface area (Å²) in [7, 11) is 2.90. The zero-order valence-electron chi connectivity index (χ0n) is 27.1. The first-order valence-electron chi connectivity index (χ1n) is 15.4. The van der Waals surface area contributed by atoms with E-state index in [4.69, 9.17) is 15.2 Å². The van der Waals surface area contributed by atoms with Crippen molar-refractivity contribution in [2.45, 2.75) is 58.7 Å². The van der Waals surface area contributed by atoms with E-state index in [-0.39, 0.29) is 24.4 Å². The lowest BCUT2D eigenvalue weighted by Crippen LogP contribution is -2.46. The Balaban J connectivity index is 1.82. The van der Waals surface area contributed by atoms with Crippen LogP contribution in [0.1, 0.15) is 64.1 Å². The maximum Gasteiger partial charge on any atom is 0.413 e. The molecule has 3 aromatic rings. The second-order valence-electron chi connectivity index (χ2n) is 11.3. The Kier molecular flexibility index (Phi) is 13.6. The van der Waals surface area contributed by atoms with Gasteiger partial charge in [0.05, 0.1) is 12.7 Å². The van der Waals surface area contributed by atoms with Crippen molar-refractivity contribution in [3.8, 4) is 0 Å². The highest BCUT2D eigenvalue weighted by atomic mass is 19.1. The Morgan fingerprint density at radius 2 is 1.57 bits per heavy atom. The van der Waals surface area contributed by atoms with Gasteiger partial charge in [-0.25, -0.2) is 18.4 Å². The summed E-state index contributed by atoms with van der Waals surface area (Å²) in [6.07, 6.45) is 0.229. The predicted octanol–water partition coefficient (Wildman–Crippen LogP) is 5.62. The number of aryl methyl sites for hydroxylation is 1. The van der Waals surface area contributed by atoms with Crippen LogP contribution < -0.4 is 16.0 Å². The van der Waals surface area contributed by atoms with Crippen molar-refractivity contribution in [1.29, 1.82) is 0 Å². The van der Waals surface area contributed by atoms with Crippen molar-refractivity contribution >= 4 is 23.7 Å². The van der Waals surface area contributed by atoms with Crippen LogP contribution >= 0.6 is 0 Å². The van der Waals surface area contributed by atoms with E-state index in [1.807, 2.05) is 26.0 Å². The number of nitrogens with zero attached hydrogens (tertiary/aromatic N) is 2. The molecule has 2 unspecified atom stereocenters. The minimum atomic E-state index is -0.906. The van der Waals surface area contributed by atoms with Crippen molar-refractivity contribution in [1.82, 2.24) is 10.2 Å². The van der Waals surface area contributed by atoms with Crippen LogP contribution in [0.4, 0.5) is 19.3 Å². The summed E-state index contributed by atoms with van der Waals surface area (Å²) in [5.41, 5.74) is 9.59. The molecule has 0 heterocycles. The van der Waals surface area contributed by atoms with Gasteiger partial charge >= 0.3 is 12.1 Å². The van der Waals surface area contributed by atoms with Crippen LogP contribution in [-0.2, 0) is 22.4 Å². The van der Waals surface area contributed by atoms with Gasteiger partial charge in [0.1, 0.15) is 17.7 Å². The van der Waals surface area contributed by atoms with Crippen LogP contribution in [0, 0.1) is 18.6 Å². The van der Waals surface area contributed by atoms with Gasteiger partial charge < -0.3 is 25.4 Å². The average Bonchev–Trinajstić information content (AvgIpc) is 3.02. The van der Waals surface area contributed by atoms with Crippen LogP contribution in [0.15, 0.2) is 60.7 Å². The first kappa shape index (κ1) is 36.1. The van der Waals surface area contributed by atoms with Crippen LogP contribution in [0.3, 0.4) is 0 Å². The minimum absolute atomic E-state index is 0.0360. The molecule has 3 aromatic carbocycles. The Bertz CT molecular complexity index is 1480. The van der Waals surface area contributed by atoms with Gasteiger partial charge in [-0.3, -0.25) is 9.69 Å². The van der Waals surface area contributed by atoms with Crippen molar-refractivity contribution < 1.29 is 32.6 Å². The summed E-state index contributed by atoms with van der Waals surface area (Å²) in [6.45, 7) is 7.46. The van der Waals surface area contributed by atoms with Gasteiger partial charge in [0, 0.05) is 56.6 Å². The molecule has 0 aliphatic heterocycles. The van der Waals surface area contributed by atoms with Crippen molar-refractivity contribution in [2.75, 3.05) is 38.7 Å². The Hall–Kier alpha value is -4.35. The van der Waals surface area contributed by atoms with E-state index in [0.29, 0.717) is 36.4 Å². The quantitative estimate of drug-likeness (QED) is 0.208. The monoisotopic (exact) mass is 638 g/mol. The summed E-state index contributed by atoms with van der Waals surface area (Å²) < 4.78 is 38.5. The molecule has 0 aromatic heterocycles. The number of hydrogen-bond donors (Lipinski definition) is 2. The molecule has 0 radical (unpaired) electrons. The summed E-state index contributed by atoms with van der Waals surface area (Å²) in [5.74, 6) is -2.31. The molecule has 3 rings (SSSR count). The number of nitrogens with one attached hydrogen (secondary N) is 1. The molecule has 248 valence electrons. The maximum absolute atomic E-state index is 13.9. The lowest BCUT2D eigenvalue weighted by Gasteiger charge is -2.25. The number of hydrogen-bond acceptors (Lipinski definition) is 7. The molecule has 2 amide bonds. The van der Waals surface area contributed by atoms with E-state index in [1.54, 1.807) is 43.1 Å².